The predicted octanol–water partition coefficient (Wildman–Crippen LogP) is 3.54. The molecule has 0 bridgehead atoms. The molecule has 0 unspecified atom stereocenters. The Balaban J connectivity index is 1.98. The zero-order chi connectivity index (χ0) is 13.4. The molecule has 2 heterocycles. The van der Waals surface area contributed by atoms with Gasteiger partial charge in [0.05, 0.1) is 16.7 Å². The zero-order valence-electron chi connectivity index (χ0n) is 9.28. The molecular weight excluding hydrogens is 292 g/mol. The van der Waals surface area contributed by atoms with Crippen LogP contribution < -0.4 is 5.32 Å². The number of nitrogens with one attached hydrogen (secondary N) is 2. The summed E-state index contributed by atoms with van der Waals surface area (Å²) in [6, 6.07) is 5.79. The second-order valence-corrected chi connectivity index (χ2v) is 4.49. The van der Waals surface area contributed by atoms with Gasteiger partial charge in [0.25, 0.3) is 0 Å². The van der Waals surface area contributed by atoms with E-state index in [4.69, 9.17) is 23.2 Å². The Kier molecular flexibility index (Phi) is 2.96. The SMILES string of the molecule is Fc1ccc2nc(Nc3cc(Cl)nnc3Cl)[nH]c2c1. The second-order valence-electron chi connectivity index (χ2n) is 3.74. The van der Waals surface area contributed by atoms with E-state index in [0.29, 0.717) is 22.7 Å². The van der Waals surface area contributed by atoms with Crippen LogP contribution in [0.25, 0.3) is 11.0 Å². The number of nitrogens with zero attached hydrogens (tertiary/aromatic N) is 3. The summed E-state index contributed by atoms with van der Waals surface area (Å²) in [5, 5.41) is 10.5. The van der Waals surface area contributed by atoms with Crippen molar-refractivity contribution in [3.8, 4) is 0 Å². The molecule has 2 aromatic heterocycles. The molecule has 2 N–H and O–H groups in total. The fraction of sp³-hybridized carbons (Fsp3) is 0. The minimum absolute atomic E-state index is 0.163. The molecule has 96 valence electrons. The van der Waals surface area contributed by atoms with E-state index in [0.717, 1.165) is 0 Å². The van der Waals surface area contributed by atoms with Gasteiger partial charge in [0, 0.05) is 6.07 Å². The molecule has 0 aliphatic heterocycles. The van der Waals surface area contributed by atoms with Crippen molar-refractivity contribution in [1.29, 1.82) is 0 Å². The average molecular weight is 298 g/mol. The summed E-state index contributed by atoms with van der Waals surface area (Å²) in [7, 11) is 0. The summed E-state index contributed by atoms with van der Waals surface area (Å²) in [5.74, 6) is 0.0703. The molecule has 0 fully saturated rings. The van der Waals surface area contributed by atoms with Crippen molar-refractivity contribution in [2.75, 3.05) is 5.32 Å². The third kappa shape index (κ3) is 2.45. The maximum Gasteiger partial charge on any atom is 0.205 e. The van der Waals surface area contributed by atoms with Crippen molar-refractivity contribution in [3.63, 3.8) is 0 Å². The molecule has 0 atom stereocenters. The monoisotopic (exact) mass is 297 g/mol. The van der Waals surface area contributed by atoms with Crippen LogP contribution in [-0.2, 0) is 0 Å². The lowest BCUT2D eigenvalue weighted by atomic mass is 10.3. The summed E-state index contributed by atoms with van der Waals surface area (Å²) >= 11 is 11.6. The first-order valence-electron chi connectivity index (χ1n) is 5.23. The molecule has 0 saturated carbocycles. The minimum atomic E-state index is -0.339. The van der Waals surface area contributed by atoms with Gasteiger partial charge in [-0.3, -0.25) is 0 Å². The van der Waals surface area contributed by atoms with Gasteiger partial charge < -0.3 is 10.3 Å². The molecular formula is C11H6Cl2FN5. The topological polar surface area (TPSA) is 66.5 Å². The molecule has 0 amide bonds. The maximum absolute atomic E-state index is 13.1. The number of hydrogen-bond donors (Lipinski definition) is 2. The van der Waals surface area contributed by atoms with Crippen LogP contribution in [0.1, 0.15) is 0 Å². The molecule has 0 aliphatic rings. The lowest BCUT2D eigenvalue weighted by Gasteiger charge is -2.03. The number of aromatic nitrogens is 4. The van der Waals surface area contributed by atoms with Crippen molar-refractivity contribution in [3.05, 3.63) is 40.4 Å². The van der Waals surface area contributed by atoms with Crippen LogP contribution >= 0.6 is 23.2 Å². The predicted molar refractivity (Wildman–Crippen MR) is 71.4 cm³/mol. The van der Waals surface area contributed by atoms with E-state index >= 15 is 0 Å². The highest BCUT2D eigenvalue weighted by molar-refractivity contribution is 6.33. The smallest absolute Gasteiger partial charge is 0.205 e. The van der Waals surface area contributed by atoms with Crippen LogP contribution in [0.2, 0.25) is 10.3 Å². The van der Waals surface area contributed by atoms with Crippen molar-refractivity contribution in [2.45, 2.75) is 0 Å². The van der Waals surface area contributed by atoms with Crippen molar-refractivity contribution >= 4 is 45.9 Å². The normalized spacial score (nSPS) is 10.9. The minimum Gasteiger partial charge on any atom is -0.324 e. The van der Waals surface area contributed by atoms with Crippen LogP contribution in [0.5, 0.6) is 0 Å². The van der Waals surface area contributed by atoms with Gasteiger partial charge in [-0.15, -0.1) is 10.2 Å². The van der Waals surface area contributed by atoms with Crippen LogP contribution in [0.3, 0.4) is 0 Å². The molecule has 19 heavy (non-hydrogen) atoms. The number of H-pyrrole nitrogens is 1. The first-order chi connectivity index (χ1) is 9.11. The van der Waals surface area contributed by atoms with E-state index in [2.05, 4.69) is 25.5 Å². The quantitative estimate of drug-likeness (QED) is 0.759. The first-order valence-corrected chi connectivity index (χ1v) is 5.98. The maximum atomic E-state index is 13.1. The van der Waals surface area contributed by atoms with Crippen LogP contribution in [0.15, 0.2) is 24.3 Å². The second kappa shape index (κ2) is 4.64. The highest BCUT2D eigenvalue weighted by Crippen LogP contribution is 2.25. The van der Waals surface area contributed by atoms with Gasteiger partial charge in [-0.05, 0) is 18.2 Å². The number of anilines is 2. The van der Waals surface area contributed by atoms with Gasteiger partial charge >= 0.3 is 0 Å². The molecule has 3 rings (SSSR count). The third-order valence-electron chi connectivity index (χ3n) is 2.42. The average Bonchev–Trinajstić information content (AvgIpc) is 2.75. The number of halogens is 3. The lowest BCUT2D eigenvalue weighted by molar-refractivity contribution is 0.629. The number of rotatable bonds is 2. The van der Waals surface area contributed by atoms with Crippen LogP contribution in [0.4, 0.5) is 16.0 Å². The van der Waals surface area contributed by atoms with E-state index in [1.807, 2.05) is 0 Å². The number of aromatic amines is 1. The largest absolute Gasteiger partial charge is 0.324 e. The molecule has 1 aromatic carbocycles. The fourth-order valence-corrected chi connectivity index (χ4v) is 1.90. The number of hydrogen-bond acceptors (Lipinski definition) is 4. The standard InChI is InChI=1S/C11H6Cl2FN5/c12-9-4-8(10(13)19-18-9)17-11-15-6-2-1-5(14)3-7(6)16-11/h1-4H,(H2,15,16,17,18). The van der Waals surface area contributed by atoms with Crippen molar-refractivity contribution < 1.29 is 4.39 Å². The summed E-state index contributed by atoms with van der Waals surface area (Å²) in [5.41, 5.74) is 1.67. The van der Waals surface area contributed by atoms with Gasteiger partial charge in [-0.1, -0.05) is 23.2 Å². The van der Waals surface area contributed by atoms with Crippen molar-refractivity contribution in [1.82, 2.24) is 20.2 Å². The number of imidazole rings is 1. The summed E-state index contributed by atoms with van der Waals surface area (Å²) < 4.78 is 13.1. The Labute approximate surface area is 116 Å². The lowest BCUT2D eigenvalue weighted by Crippen LogP contribution is -1.96. The fourth-order valence-electron chi connectivity index (χ4n) is 1.61. The summed E-state index contributed by atoms with van der Waals surface area (Å²) in [4.78, 5) is 7.16. The van der Waals surface area contributed by atoms with E-state index in [1.54, 1.807) is 6.07 Å². The van der Waals surface area contributed by atoms with E-state index in [1.165, 1.54) is 18.2 Å². The molecule has 0 aliphatic carbocycles. The summed E-state index contributed by atoms with van der Waals surface area (Å²) in [6.45, 7) is 0. The van der Waals surface area contributed by atoms with Gasteiger partial charge in [0.1, 0.15) is 5.82 Å². The summed E-state index contributed by atoms with van der Waals surface area (Å²) in [6.07, 6.45) is 0. The molecule has 8 heteroatoms. The number of fused-ring (bicyclic) bond motifs is 1. The third-order valence-corrected chi connectivity index (χ3v) is 2.88. The van der Waals surface area contributed by atoms with Gasteiger partial charge in [0.2, 0.25) is 5.95 Å². The molecule has 0 spiro atoms. The highest BCUT2D eigenvalue weighted by Gasteiger charge is 2.08. The molecule has 0 saturated heterocycles. The van der Waals surface area contributed by atoms with Gasteiger partial charge in [0.15, 0.2) is 10.3 Å². The van der Waals surface area contributed by atoms with Crippen LogP contribution in [0, 0.1) is 5.82 Å². The van der Waals surface area contributed by atoms with Gasteiger partial charge in [-0.2, -0.15) is 0 Å². The van der Waals surface area contributed by atoms with E-state index in [9.17, 15) is 4.39 Å². The Morgan fingerprint density at radius 2 is 2.00 bits per heavy atom. The first kappa shape index (κ1) is 12.1. The van der Waals surface area contributed by atoms with Crippen molar-refractivity contribution in [2.24, 2.45) is 0 Å². The number of benzene rings is 1. The highest BCUT2D eigenvalue weighted by atomic mass is 35.5. The zero-order valence-corrected chi connectivity index (χ0v) is 10.8. The Morgan fingerprint density at radius 3 is 2.84 bits per heavy atom. The molecule has 5 nitrogen and oxygen atoms in total. The molecule has 3 aromatic rings. The van der Waals surface area contributed by atoms with E-state index < -0.39 is 0 Å². The Morgan fingerprint density at radius 1 is 1.16 bits per heavy atom. The Hall–Kier alpha value is -1.92. The van der Waals surface area contributed by atoms with Gasteiger partial charge in [-0.25, -0.2) is 9.37 Å². The van der Waals surface area contributed by atoms with E-state index in [-0.39, 0.29) is 16.1 Å². The molecule has 0 radical (unpaired) electrons. The van der Waals surface area contributed by atoms with Crippen LogP contribution in [-0.4, -0.2) is 20.2 Å². The Bertz CT molecular complexity index is 758.